The molecule has 5 heteroatoms. The van der Waals surface area contributed by atoms with Crippen LogP contribution >= 0.6 is 0 Å². The van der Waals surface area contributed by atoms with Gasteiger partial charge in [-0.25, -0.2) is 9.97 Å². The number of fused-ring (bicyclic) bond motifs is 9. The molecule has 0 fully saturated rings. The van der Waals surface area contributed by atoms with E-state index in [-0.39, 0.29) is 0 Å². The molecule has 0 aliphatic rings. The molecule has 5 nitrogen and oxygen atoms in total. The van der Waals surface area contributed by atoms with Gasteiger partial charge in [0.15, 0.2) is 0 Å². The second-order valence-corrected chi connectivity index (χ2v) is 16.2. The molecule has 0 atom stereocenters. The van der Waals surface area contributed by atoms with E-state index < -0.39 is 0 Å². The number of aromatic nitrogens is 5. The third kappa shape index (κ3) is 5.57. The zero-order chi connectivity index (χ0) is 41.4. The molecule has 0 spiro atoms. The summed E-state index contributed by atoms with van der Waals surface area (Å²) in [7, 11) is 0. The summed E-state index contributed by atoms with van der Waals surface area (Å²) in [4.78, 5) is 10.1. The molecule has 13 aromatic rings. The van der Waals surface area contributed by atoms with Gasteiger partial charge in [0.2, 0.25) is 5.95 Å². The van der Waals surface area contributed by atoms with Gasteiger partial charge in [-0.15, -0.1) is 0 Å². The molecule has 0 amide bonds. The van der Waals surface area contributed by atoms with Crippen LogP contribution in [0.5, 0.6) is 0 Å². The Hall–Kier alpha value is -8.54. The van der Waals surface area contributed by atoms with E-state index in [0.29, 0.717) is 5.95 Å². The number of rotatable bonds is 6. The Kier molecular flexibility index (Phi) is 7.84. The lowest BCUT2D eigenvalue weighted by molar-refractivity contribution is 0.992. The van der Waals surface area contributed by atoms with Crippen molar-refractivity contribution in [1.29, 1.82) is 0 Å². The highest BCUT2D eigenvalue weighted by Crippen LogP contribution is 2.39. The molecule has 0 radical (unpaired) electrons. The van der Waals surface area contributed by atoms with E-state index in [1.165, 1.54) is 54.7 Å². The van der Waals surface area contributed by atoms with E-state index in [9.17, 15) is 0 Å². The van der Waals surface area contributed by atoms with Crippen molar-refractivity contribution >= 4 is 65.4 Å². The second kappa shape index (κ2) is 14.0. The van der Waals surface area contributed by atoms with Crippen molar-refractivity contribution in [2.75, 3.05) is 0 Å². The average molecular weight is 804 g/mol. The monoisotopic (exact) mass is 803 g/mol. The van der Waals surface area contributed by atoms with Crippen molar-refractivity contribution in [3.05, 3.63) is 225 Å². The zero-order valence-corrected chi connectivity index (χ0v) is 34.1. The van der Waals surface area contributed by atoms with Gasteiger partial charge in [0.1, 0.15) is 0 Å². The van der Waals surface area contributed by atoms with Gasteiger partial charge < -0.3 is 9.13 Å². The van der Waals surface area contributed by atoms with Crippen LogP contribution in [-0.4, -0.2) is 23.7 Å². The summed E-state index contributed by atoms with van der Waals surface area (Å²) in [6.45, 7) is 0. The van der Waals surface area contributed by atoms with Crippen molar-refractivity contribution < 1.29 is 0 Å². The molecule has 4 aromatic heterocycles. The highest BCUT2D eigenvalue weighted by atomic mass is 15.2. The van der Waals surface area contributed by atoms with Crippen molar-refractivity contribution in [3.63, 3.8) is 0 Å². The van der Waals surface area contributed by atoms with Crippen LogP contribution in [0.3, 0.4) is 0 Å². The number of hydrogen-bond donors (Lipinski definition) is 0. The molecule has 0 aliphatic heterocycles. The third-order valence-electron chi connectivity index (χ3n) is 12.7. The molecule has 9 aromatic carbocycles. The Labute approximate surface area is 363 Å². The first-order valence-electron chi connectivity index (χ1n) is 21.4. The second-order valence-electron chi connectivity index (χ2n) is 16.2. The van der Waals surface area contributed by atoms with Crippen molar-refractivity contribution in [1.82, 2.24) is 23.7 Å². The third-order valence-corrected chi connectivity index (χ3v) is 12.7. The van der Waals surface area contributed by atoms with Crippen LogP contribution in [0.25, 0.3) is 116 Å². The number of nitrogens with zero attached hydrogens (tertiary/aromatic N) is 5. The molecule has 0 saturated carbocycles. The van der Waals surface area contributed by atoms with Gasteiger partial charge in [-0.05, 0) is 101 Å². The molecule has 13 rings (SSSR count). The molecule has 0 saturated heterocycles. The van der Waals surface area contributed by atoms with Crippen LogP contribution in [0.4, 0.5) is 0 Å². The Morgan fingerprint density at radius 3 is 1.30 bits per heavy atom. The summed E-state index contributed by atoms with van der Waals surface area (Å²) in [5, 5.41) is 7.30. The molecule has 0 aliphatic carbocycles. The summed E-state index contributed by atoms with van der Waals surface area (Å²) < 4.78 is 6.93. The molecule has 63 heavy (non-hydrogen) atoms. The largest absolute Gasteiger partial charge is 0.309 e. The highest BCUT2D eigenvalue weighted by molar-refractivity contribution is 6.13. The molecule has 4 heterocycles. The predicted octanol–water partition coefficient (Wildman–Crippen LogP) is 14.8. The number of hydrogen-bond acceptors (Lipinski definition) is 2. The van der Waals surface area contributed by atoms with E-state index >= 15 is 0 Å². The van der Waals surface area contributed by atoms with Crippen LogP contribution in [0.2, 0.25) is 0 Å². The summed E-state index contributed by atoms with van der Waals surface area (Å²) in [5.41, 5.74) is 15.8. The van der Waals surface area contributed by atoms with Crippen molar-refractivity contribution in [2.24, 2.45) is 0 Å². The fraction of sp³-hybridized carbons (Fsp3) is 0. The SMILES string of the molecule is c1ccc(-n2c3ccccc3c3cc(-c4ccc(-c5ccnc(-n6c7ccccc7c7cc(-c8ccc9c%10ccccc%10n(-c%10ccccc%10)c9c8)ccc76)n5)cc4)ccc32)cc1. The van der Waals surface area contributed by atoms with Crippen molar-refractivity contribution in [3.8, 4) is 50.8 Å². The van der Waals surface area contributed by atoms with Gasteiger partial charge >= 0.3 is 0 Å². The first-order chi connectivity index (χ1) is 31.2. The van der Waals surface area contributed by atoms with E-state index in [0.717, 1.165) is 55.6 Å². The summed E-state index contributed by atoms with van der Waals surface area (Å²) in [5.74, 6) is 0.643. The fourth-order valence-corrected chi connectivity index (χ4v) is 9.83. The minimum absolute atomic E-state index is 0.643. The lowest BCUT2D eigenvalue weighted by atomic mass is 10.0. The number of para-hydroxylation sites is 5. The Morgan fingerprint density at radius 1 is 0.270 bits per heavy atom. The summed E-state index contributed by atoms with van der Waals surface area (Å²) >= 11 is 0. The van der Waals surface area contributed by atoms with E-state index in [1.54, 1.807) is 0 Å². The standard InChI is InChI=1S/C58H37N5/c1-3-13-43(14-4-1)61-53-21-11-8-18-46(53)49-35-40(28-31-55(49)61)38-23-25-39(26-24-38)51-33-34-59-58(60-51)63-54-22-12-9-19-47(54)50-36-41(29-32-56(50)63)42-27-30-48-45-17-7-10-20-52(45)62(57(48)37-42)44-15-5-2-6-16-44/h1-37H. The Balaban J connectivity index is 0.870. The molecule has 0 bridgehead atoms. The van der Waals surface area contributed by atoms with E-state index in [1.807, 2.05) is 12.3 Å². The first-order valence-corrected chi connectivity index (χ1v) is 21.4. The van der Waals surface area contributed by atoms with E-state index in [2.05, 4.69) is 226 Å². The highest BCUT2D eigenvalue weighted by Gasteiger charge is 2.18. The maximum absolute atomic E-state index is 5.22. The van der Waals surface area contributed by atoms with E-state index in [4.69, 9.17) is 9.97 Å². The maximum Gasteiger partial charge on any atom is 0.235 e. The predicted molar refractivity (Wildman–Crippen MR) is 261 cm³/mol. The minimum Gasteiger partial charge on any atom is -0.309 e. The average Bonchev–Trinajstić information content (AvgIpc) is 3.99. The Morgan fingerprint density at radius 2 is 0.683 bits per heavy atom. The van der Waals surface area contributed by atoms with Crippen LogP contribution < -0.4 is 0 Å². The molecule has 294 valence electrons. The molecular weight excluding hydrogens is 767 g/mol. The molecule has 0 N–H and O–H groups in total. The lowest BCUT2D eigenvalue weighted by Gasteiger charge is -2.10. The minimum atomic E-state index is 0.643. The zero-order valence-electron chi connectivity index (χ0n) is 34.1. The summed E-state index contributed by atoms with van der Waals surface area (Å²) in [6, 6.07) is 78.4. The van der Waals surface area contributed by atoms with Crippen LogP contribution in [0, 0.1) is 0 Å². The Bertz CT molecular complexity index is 3890. The normalized spacial score (nSPS) is 11.8. The quantitative estimate of drug-likeness (QED) is 0.168. The van der Waals surface area contributed by atoms with Crippen LogP contribution in [-0.2, 0) is 0 Å². The van der Waals surface area contributed by atoms with Gasteiger partial charge in [-0.2, -0.15) is 0 Å². The smallest absolute Gasteiger partial charge is 0.235 e. The van der Waals surface area contributed by atoms with Gasteiger partial charge in [-0.1, -0.05) is 140 Å². The van der Waals surface area contributed by atoms with Crippen molar-refractivity contribution in [2.45, 2.75) is 0 Å². The topological polar surface area (TPSA) is 40.6 Å². The summed E-state index contributed by atoms with van der Waals surface area (Å²) in [6.07, 6.45) is 1.87. The van der Waals surface area contributed by atoms with Gasteiger partial charge in [0, 0.05) is 55.5 Å². The van der Waals surface area contributed by atoms with Crippen LogP contribution in [0.15, 0.2) is 225 Å². The molecule has 0 unspecified atom stereocenters. The van der Waals surface area contributed by atoms with Gasteiger partial charge in [-0.3, -0.25) is 4.57 Å². The lowest BCUT2D eigenvalue weighted by Crippen LogP contribution is -2.01. The van der Waals surface area contributed by atoms with Crippen LogP contribution in [0.1, 0.15) is 0 Å². The fourth-order valence-electron chi connectivity index (χ4n) is 9.83. The van der Waals surface area contributed by atoms with Gasteiger partial charge in [0.25, 0.3) is 0 Å². The molecular formula is C58H37N5. The van der Waals surface area contributed by atoms with Gasteiger partial charge in [0.05, 0.1) is 38.8 Å². The maximum atomic E-state index is 5.22. The number of benzene rings is 9. The first kappa shape index (κ1) is 35.2.